The van der Waals surface area contributed by atoms with Crippen LogP contribution in [-0.4, -0.2) is 70.8 Å². The number of hydrogen-bond donors (Lipinski definition) is 6. The standard InChI is InChI=1S/C36H45N4O11P.2H3N/c1-4-7-8-10-29(30(5-2)40(23-41)51-36(45)24-12-14-26(15-13-24)39-18-9-11-33(39)42)34(43)37-22-38-35(44)32-17-16-31(50-32)25-19-27(49-6-3)21-28(20-25)52(46,47)48;;/h12-17,19-21,23,29-30H,4-11,18,22H2,1-3H3,(H,37,43)(H,38,44)(H2,46,47,48);2*1H3/t29-,30-;;/m1../s1. The van der Waals surface area contributed by atoms with Crippen molar-refractivity contribution in [2.75, 3.05) is 24.7 Å². The fraction of sp³-hybridized carbons (Fsp3) is 0.417. The van der Waals surface area contributed by atoms with Crippen LogP contribution in [0.15, 0.2) is 59.0 Å². The Labute approximate surface area is 314 Å². The number of nitrogens with zero attached hydrogens (tertiary/aromatic N) is 2. The van der Waals surface area contributed by atoms with Crippen molar-refractivity contribution in [2.24, 2.45) is 5.92 Å². The first-order valence-electron chi connectivity index (χ1n) is 17.3. The summed E-state index contributed by atoms with van der Waals surface area (Å²) in [7, 11) is -4.62. The van der Waals surface area contributed by atoms with Crippen LogP contribution in [0.5, 0.6) is 5.75 Å². The Morgan fingerprint density at radius 3 is 2.33 bits per heavy atom. The Morgan fingerprint density at radius 2 is 1.74 bits per heavy atom. The molecule has 296 valence electrons. The lowest BCUT2D eigenvalue weighted by Gasteiger charge is -2.31. The maximum Gasteiger partial charge on any atom is 0.363 e. The Morgan fingerprint density at radius 1 is 1.02 bits per heavy atom. The van der Waals surface area contributed by atoms with Gasteiger partial charge in [-0.3, -0.25) is 23.7 Å². The van der Waals surface area contributed by atoms with E-state index in [9.17, 15) is 38.3 Å². The van der Waals surface area contributed by atoms with Gasteiger partial charge in [-0.1, -0.05) is 33.1 Å². The van der Waals surface area contributed by atoms with Crippen LogP contribution in [0.4, 0.5) is 5.69 Å². The topological polar surface area (TPSA) is 275 Å². The molecule has 4 rings (SSSR count). The van der Waals surface area contributed by atoms with Gasteiger partial charge in [0.1, 0.15) is 11.5 Å². The van der Waals surface area contributed by atoms with Crippen LogP contribution < -0.4 is 37.9 Å². The second-order valence-electron chi connectivity index (χ2n) is 12.2. The van der Waals surface area contributed by atoms with Crippen LogP contribution >= 0.6 is 7.60 Å². The van der Waals surface area contributed by atoms with Crippen molar-refractivity contribution < 1.29 is 52.3 Å². The first kappa shape index (κ1) is 45.1. The highest BCUT2D eigenvalue weighted by molar-refractivity contribution is 7.60. The molecule has 1 fully saturated rings. The molecule has 18 heteroatoms. The second kappa shape index (κ2) is 21.0. The molecule has 0 aliphatic carbocycles. The molecule has 1 saturated heterocycles. The Bertz CT molecular complexity index is 1780. The molecule has 0 radical (unpaired) electrons. The highest BCUT2D eigenvalue weighted by Gasteiger charge is 2.34. The third kappa shape index (κ3) is 11.7. The molecule has 2 heterocycles. The molecule has 10 N–H and O–H groups in total. The lowest BCUT2D eigenvalue weighted by atomic mass is 9.90. The highest BCUT2D eigenvalue weighted by Crippen LogP contribution is 2.37. The number of carbonyl (C=O) groups is 5. The van der Waals surface area contributed by atoms with Gasteiger partial charge in [-0.05, 0) is 80.8 Å². The molecule has 0 bridgehead atoms. The van der Waals surface area contributed by atoms with Gasteiger partial charge < -0.3 is 51.6 Å². The van der Waals surface area contributed by atoms with Crippen LogP contribution in [0.1, 0.15) is 86.6 Å². The Kier molecular flexibility index (Phi) is 17.5. The first-order chi connectivity index (χ1) is 24.9. The number of rotatable bonds is 19. The molecule has 0 unspecified atom stereocenters. The van der Waals surface area contributed by atoms with E-state index in [1.165, 1.54) is 42.5 Å². The number of hydroxylamine groups is 2. The fourth-order valence-corrected chi connectivity index (χ4v) is 6.56. The van der Waals surface area contributed by atoms with Crippen LogP contribution in [0, 0.1) is 5.92 Å². The quantitative estimate of drug-likeness (QED) is 0.0320. The van der Waals surface area contributed by atoms with Crippen molar-refractivity contribution in [1.29, 1.82) is 0 Å². The average Bonchev–Trinajstić information content (AvgIpc) is 3.80. The fourth-order valence-electron chi connectivity index (χ4n) is 5.96. The van der Waals surface area contributed by atoms with Crippen LogP contribution in [0.3, 0.4) is 0 Å². The zero-order valence-corrected chi connectivity index (χ0v) is 31.7. The predicted molar refractivity (Wildman–Crippen MR) is 201 cm³/mol. The number of carbonyl (C=O) groups excluding carboxylic acids is 5. The van der Waals surface area contributed by atoms with Crippen molar-refractivity contribution in [1.82, 2.24) is 28.0 Å². The molecule has 3 aromatic rings. The summed E-state index contributed by atoms with van der Waals surface area (Å²) < 4.78 is 23.0. The molecule has 2 atom stereocenters. The van der Waals surface area contributed by atoms with Crippen molar-refractivity contribution in [3.8, 4) is 17.1 Å². The van der Waals surface area contributed by atoms with E-state index in [1.54, 1.807) is 30.9 Å². The average molecular weight is 775 g/mol. The van der Waals surface area contributed by atoms with E-state index in [0.717, 1.165) is 24.3 Å². The van der Waals surface area contributed by atoms with Gasteiger partial charge in [0.2, 0.25) is 18.2 Å². The summed E-state index contributed by atoms with van der Waals surface area (Å²) in [4.78, 5) is 90.3. The van der Waals surface area contributed by atoms with Gasteiger partial charge in [0, 0.05) is 24.2 Å². The molecule has 1 aliphatic rings. The van der Waals surface area contributed by atoms with Crippen molar-refractivity contribution in [3.63, 3.8) is 0 Å². The molecular formula is C36H51N6O11P. The largest absolute Gasteiger partial charge is 0.494 e. The molecule has 1 aromatic heterocycles. The summed E-state index contributed by atoms with van der Waals surface area (Å²) >= 11 is 0. The second-order valence-corrected chi connectivity index (χ2v) is 13.8. The molecule has 17 nitrogen and oxygen atoms in total. The summed E-state index contributed by atoms with van der Waals surface area (Å²) in [6.07, 6.45) is 4.63. The van der Waals surface area contributed by atoms with Crippen molar-refractivity contribution in [3.05, 3.63) is 65.9 Å². The number of ether oxygens (including phenoxy) is 1. The van der Waals surface area contributed by atoms with Crippen LogP contribution in [-0.2, 0) is 23.8 Å². The third-order valence-corrected chi connectivity index (χ3v) is 9.54. The van der Waals surface area contributed by atoms with E-state index < -0.39 is 37.3 Å². The number of amides is 4. The lowest BCUT2D eigenvalue weighted by Crippen LogP contribution is -2.49. The molecular weight excluding hydrogens is 723 g/mol. The summed E-state index contributed by atoms with van der Waals surface area (Å²) in [5.74, 6) is -2.45. The van der Waals surface area contributed by atoms with E-state index in [1.807, 2.05) is 6.92 Å². The van der Waals surface area contributed by atoms with Gasteiger partial charge in [-0.15, -0.1) is 0 Å². The summed E-state index contributed by atoms with van der Waals surface area (Å²) in [6, 6.07) is 12.4. The van der Waals surface area contributed by atoms with E-state index in [-0.39, 0.29) is 71.6 Å². The van der Waals surface area contributed by atoms with E-state index >= 15 is 0 Å². The minimum absolute atomic E-state index is 0. The molecule has 1 aliphatic heterocycles. The van der Waals surface area contributed by atoms with Gasteiger partial charge >= 0.3 is 13.6 Å². The third-order valence-electron chi connectivity index (χ3n) is 8.61. The normalized spacial score (nSPS) is 13.5. The minimum atomic E-state index is -4.62. The van der Waals surface area contributed by atoms with E-state index in [4.69, 9.17) is 14.0 Å². The predicted octanol–water partition coefficient (Wildman–Crippen LogP) is 4.61. The number of benzene rings is 2. The van der Waals surface area contributed by atoms with Crippen LogP contribution in [0.2, 0.25) is 0 Å². The van der Waals surface area contributed by atoms with E-state index in [2.05, 4.69) is 10.6 Å². The number of unbranched alkanes of at least 4 members (excludes halogenated alkanes) is 2. The summed E-state index contributed by atoms with van der Waals surface area (Å²) in [6.45, 7) is 6.07. The van der Waals surface area contributed by atoms with Gasteiger partial charge in [0.25, 0.3) is 5.91 Å². The molecule has 2 aromatic carbocycles. The Hall–Kier alpha value is -5.06. The zero-order valence-electron chi connectivity index (χ0n) is 30.8. The van der Waals surface area contributed by atoms with Gasteiger partial charge in [0.15, 0.2) is 5.76 Å². The zero-order chi connectivity index (χ0) is 37.8. The SMILES string of the molecule is CCCCC[C@@H](C(=O)NCNC(=O)c1ccc(-c2cc(OCC)cc(P(=O)(O)O)c2)o1)[C@@H](CC)N(C=O)OC(=O)c1ccc(N2CCCC2=O)cc1.N.N. The van der Waals surface area contributed by atoms with Crippen molar-refractivity contribution in [2.45, 2.75) is 71.8 Å². The molecule has 54 heavy (non-hydrogen) atoms. The number of nitrogens with one attached hydrogen (secondary N) is 2. The number of furan rings is 1. The lowest BCUT2D eigenvalue weighted by molar-refractivity contribution is -0.171. The van der Waals surface area contributed by atoms with Gasteiger partial charge in [0.05, 0.1) is 36.1 Å². The monoisotopic (exact) mass is 774 g/mol. The summed E-state index contributed by atoms with van der Waals surface area (Å²) in [5, 5.41) is 5.82. The maximum atomic E-state index is 13.5. The highest BCUT2D eigenvalue weighted by atomic mass is 31.2. The smallest absolute Gasteiger partial charge is 0.363 e. The Balaban J connectivity index is 0.00000504. The molecule has 0 saturated carbocycles. The van der Waals surface area contributed by atoms with Gasteiger partial charge in [-0.2, -0.15) is 5.06 Å². The first-order valence-corrected chi connectivity index (χ1v) is 18.9. The van der Waals surface area contributed by atoms with E-state index in [0.29, 0.717) is 37.9 Å². The van der Waals surface area contributed by atoms with Crippen molar-refractivity contribution >= 4 is 48.7 Å². The maximum absolute atomic E-state index is 13.5. The van der Waals surface area contributed by atoms with Gasteiger partial charge in [-0.25, -0.2) is 4.79 Å². The summed E-state index contributed by atoms with van der Waals surface area (Å²) in [5.41, 5.74) is 1.11. The minimum Gasteiger partial charge on any atom is -0.494 e. The molecule has 0 spiro atoms. The molecule has 4 amide bonds. The van der Waals surface area contributed by atoms with Crippen LogP contribution in [0.25, 0.3) is 11.3 Å². The number of anilines is 1. The number of hydrogen-bond acceptors (Lipinski definition) is 11.